The molecule has 0 unspecified atom stereocenters. The van der Waals surface area contributed by atoms with E-state index < -0.39 is 0 Å². The van der Waals surface area contributed by atoms with Crippen LogP contribution in [0.15, 0.2) is 30.3 Å². The van der Waals surface area contributed by atoms with E-state index in [2.05, 4.69) is 6.07 Å². The molecule has 2 aromatic carbocycles. The van der Waals surface area contributed by atoms with Gasteiger partial charge in [-0.2, -0.15) is 0 Å². The summed E-state index contributed by atoms with van der Waals surface area (Å²) in [7, 11) is 0. The number of hydrogen-bond donors (Lipinski definition) is 1. The Bertz CT molecular complexity index is 683. The van der Waals surface area contributed by atoms with Crippen LogP contribution in [0.25, 0.3) is 11.1 Å². The van der Waals surface area contributed by atoms with Crippen molar-refractivity contribution in [3.05, 3.63) is 51.6 Å². The first kappa shape index (κ1) is 11.7. The quantitative estimate of drug-likeness (QED) is 0.280. The summed E-state index contributed by atoms with van der Waals surface area (Å²) < 4.78 is 1.24. The molecule has 2 aromatic rings. The van der Waals surface area contributed by atoms with Crippen molar-refractivity contribution in [3.8, 4) is 11.1 Å². The van der Waals surface area contributed by atoms with Gasteiger partial charge in [-0.05, 0) is 0 Å². The minimum atomic E-state index is -0.349. The van der Waals surface area contributed by atoms with Crippen molar-refractivity contribution in [3.63, 3.8) is 0 Å². The van der Waals surface area contributed by atoms with Crippen LogP contribution in [-0.2, 0) is 32.5 Å². The second-order valence-corrected chi connectivity index (χ2v) is 7.44. The molecule has 0 radical (unpaired) electrons. The summed E-state index contributed by atoms with van der Waals surface area (Å²) in [6.45, 7) is 0. The molecule has 1 aliphatic rings. The molecular weight excluding hydrogens is 417 g/mol. The van der Waals surface area contributed by atoms with Crippen LogP contribution in [0.5, 0.6) is 0 Å². The van der Waals surface area contributed by atoms with Crippen molar-refractivity contribution in [1.29, 1.82) is 0 Å². The predicted molar refractivity (Wildman–Crippen MR) is 65.4 cm³/mol. The van der Waals surface area contributed by atoms with Crippen LogP contribution < -0.4 is 8.81 Å². The molecule has 0 atom stereocenters. The third-order valence-corrected chi connectivity index (χ3v) is 5.72. The maximum atomic E-state index is 10.8. The van der Waals surface area contributed by atoms with Crippen LogP contribution in [0, 0.1) is 10.1 Å². The Kier molecular flexibility index (Phi) is 2.62. The van der Waals surface area contributed by atoms with E-state index in [0.29, 0.717) is 26.1 Å². The molecule has 0 fully saturated rings. The van der Waals surface area contributed by atoms with Crippen LogP contribution in [0.1, 0.15) is 11.1 Å². The van der Waals surface area contributed by atoms with E-state index in [-0.39, 0.29) is 10.6 Å². The third kappa shape index (κ3) is 1.71. The fourth-order valence-electron chi connectivity index (χ4n) is 2.41. The molecule has 4 nitrogen and oxygen atoms in total. The van der Waals surface area contributed by atoms with Gasteiger partial charge in [0.15, 0.2) is 0 Å². The van der Waals surface area contributed by atoms with Crippen molar-refractivity contribution < 1.29 is 31.0 Å². The summed E-state index contributed by atoms with van der Waals surface area (Å²) in [4.78, 5) is 10.4. The molecule has 5 heteroatoms. The number of anilines is 1. The zero-order valence-electron chi connectivity index (χ0n) is 9.64. The van der Waals surface area contributed by atoms with Gasteiger partial charge in [-0.1, -0.05) is 0 Å². The average Bonchev–Trinajstić information content (AvgIpc) is 2.66. The summed E-state index contributed by atoms with van der Waals surface area (Å²) in [5.41, 5.74) is 11.5. The number of nitrogens with two attached hydrogens (primary N) is 1. The Morgan fingerprint density at radius 3 is 2.61 bits per heavy atom. The summed E-state index contributed by atoms with van der Waals surface area (Å²) in [5.74, 6) is 0. The second kappa shape index (κ2) is 4.05. The van der Waals surface area contributed by atoms with Crippen LogP contribution in [-0.4, -0.2) is 4.92 Å². The molecule has 0 saturated heterocycles. The van der Waals surface area contributed by atoms with E-state index in [9.17, 15) is 10.1 Å². The van der Waals surface area contributed by atoms with Gasteiger partial charge in [0.05, 0.1) is 0 Å². The van der Waals surface area contributed by atoms with Crippen LogP contribution in [0.4, 0.5) is 11.4 Å². The standard InChI is InChI=1S/C13H9N2O2.Hg/c14-10-1-3-12-8(6-10)5-9-7-11(15(16)17)2-4-13(9)12;/h2-4,6-7H,5,14H2;. The fourth-order valence-corrected chi connectivity index (χ4v) is 3.60. The van der Waals surface area contributed by atoms with Gasteiger partial charge < -0.3 is 0 Å². The monoisotopic (exact) mass is 427 g/mol. The van der Waals surface area contributed by atoms with Gasteiger partial charge in [0.1, 0.15) is 0 Å². The zero-order valence-corrected chi connectivity index (χ0v) is 15.1. The normalized spacial score (nSPS) is 12.1. The van der Waals surface area contributed by atoms with Crippen molar-refractivity contribution in [1.82, 2.24) is 0 Å². The number of nitrogens with zero attached hydrogens (tertiary/aromatic N) is 1. The minimum absolute atomic E-state index is 0.157. The molecule has 0 saturated carbocycles. The van der Waals surface area contributed by atoms with Gasteiger partial charge in [0.25, 0.3) is 0 Å². The molecule has 0 heterocycles. The summed E-state index contributed by atoms with van der Waals surface area (Å²) >= 11 is 0.484. The SMILES string of the molecule is Nc1cc2c(c[c]1[Hg])-c1ccc([N+](=O)[O-])cc1C2. The van der Waals surface area contributed by atoms with E-state index >= 15 is 0 Å². The molecule has 2 N–H and O–H groups in total. The van der Waals surface area contributed by atoms with Crippen LogP contribution in [0.2, 0.25) is 0 Å². The molecule has 0 aliphatic heterocycles. The Balaban J connectivity index is 2.18. The number of nitro benzene ring substituents is 1. The van der Waals surface area contributed by atoms with Crippen molar-refractivity contribution >= 4 is 14.4 Å². The molecule has 0 amide bonds. The first-order valence-electron chi connectivity index (χ1n) is 5.58. The number of nitrogen functional groups attached to an aromatic ring is 1. The average molecular weight is 426 g/mol. The number of nitro groups is 1. The predicted octanol–water partition coefficient (Wildman–Crippen LogP) is 1.92. The number of hydrogen-bond acceptors (Lipinski definition) is 3. The van der Waals surface area contributed by atoms with Crippen LogP contribution >= 0.6 is 0 Å². The van der Waals surface area contributed by atoms with E-state index in [1.165, 1.54) is 14.2 Å². The Labute approximate surface area is 120 Å². The first-order chi connectivity index (χ1) is 8.56. The van der Waals surface area contributed by atoms with E-state index in [1.807, 2.05) is 12.1 Å². The molecule has 0 bridgehead atoms. The summed E-state index contributed by atoms with van der Waals surface area (Å²) in [6.07, 6.45) is 0.741. The van der Waals surface area contributed by atoms with Gasteiger partial charge in [0, 0.05) is 0 Å². The molecule has 1 aliphatic carbocycles. The Morgan fingerprint density at radius 1 is 1.17 bits per heavy atom. The van der Waals surface area contributed by atoms with Crippen molar-refractivity contribution in [2.75, 3.05) is 5.73 Å². The van der Waals surface area contributed by atoms with Gasteiger partial charge in [0.2, 0.25) is 0 Å². The molecule has 18 heavy (non-hydrogen) atoms. The number of fused-ring (bicyclic) bond motifs is 3. The van der Waals surface area contributed by atoms with Gasteiger partial charge >= 0.3 is 120 Å². The number of rotatable bonds is 1. The van der Waals surface area contributed by atoms with Crippen molar-refractivity contribution in [2.24, 2.45) is 0 Å². The van der Waals surface area contributed by atoms with Gasteiger partial charge in [-0.25, -0.2) is 0 Å². The molecule has 85 valence electrons. The first-order valence-corrected chi connectivity index (χ1v) is 8.33. The van der Waals surface area contributed by atoms with E-state index in [1.54, 1.807) is 12.1 Å². The zero-order chi connectivity index (χ0) is 12.9. The maximum absolute atomic E-state index is 10.8. The van der Waals surface area contributed by atoms with E-state index in [4.69, 9.17) is 5.73 Å². The second-order valence-electron chi connectivity index (χ2n) is 4.48. The Hall–Kier alpha value is -1.42. The van der Waals surface area contributed by atoms with Crippen molar-refractivity contribution in [2.45, 2.75) is 6.42 Å². The molecule has 0 aromatic heterocycles. The van der Waals surface area contributed by atoms with Gasteiger partial charge in [-0.3, -0.25) is 0 Å². The molecule has 0 spiro atoms. The number of non-ortho nitro benzene ring substituents is 1. The topological polar surface area (TPSA) is 69.2 Å². The molecule has 3 rings (SSSR count). The fraction of sp³-hybridized carbons (Fsp3) is 0.0769. The Morgan fingerprint density at radius 2 is 1.89 bits per heavy atom. The summed E-state index contributed by atoms with van der Waals surface area (Å²) in [5, 5.41) is 10.8. The third-order valence-electron chi connectivity index (χ3n) is 3.34. The van der Waals surface area contributed by atoms with Gasteiger partial charge in [-0.15, -0.1) is 0 Å². The number of benzene rings is 2. The molecular formula is C13H9HgN2O2. The van der Waals surface area contributed by atoms with Crippen LogP contribution in [0.3, 0.4) is 0 Å². The summed E-state index contributed by atoms with van der Waals surface area (Å²) in [6, 6.07) is 9.25. The van der Waals surface area contributed by atoms with E-state index in [0.717, 1.165) is 23.2 Å².